The second-order valence-corrected chi connectivity index (χ2v) is 3.77. The molecule has 5 heteroatoms. The van der Waals surface area contributed by atoms with Gasteiger partial charge >= 0.3 is 0 Å². The number of unbranched alkanes of at least 4 members (excludes halogenated alkanes) is 1. The van der Waals surface area contributed by atoms with Crippen LogP contribution in [0.2, 0.25) is 0 Å². The van der Waals surface area contributed by atoms with E-state index in [-0.39, 0.29) is 38.6 Å². The van der Waals surface area contributed by atoms with Gasteiger partial charge in [0.25, 0.3) is 0 Å². The van der Waals surface area contributed by atoms with Crippen molar-refractivity contribution >= 4 is 17.2 Å². The van der Waals surface area contributed by atoms with Gasteiger partial charge in [-0.1, -0.05) is 19.8 Å². The van der Waals surface area contributed by atoms with Gasteiger partial charge in [-0.3, -0.25) is 0 Å². The van der Waals surface area contributed by atoms with E-state index in [9.17, 15) is 4.79 Å². The quantitative estimate of drug-likeness (QED) is 0.784. The summed E-state index contributed by atoms with van der Waals surface area (Å²) in [7, 11) is 1.56. The van der Waals surface area contributed by atoms with E-state index in [1.807, 2.05) is 5.38 Å². The van der Waals surface area contributed by atoms with Crippen LogP contribution in [0.3, 0.4) is 0 Å². The van der Waals surface area contributed by atoms with Gasteiger partial charge in [-0.15, -0.1) is 17.9 Å². The Hall–Kier alpha value is 0.0739. The van der Waals surface area contributed by atoms with Crippen molar-refractivity contribution in [3.8, 4) is 5.75 Å². The maximum atomic E-state index is 11.5. The molecular formula is C10H14NO2SY-. The molecule has 1 rings (SSSR count). The Balaban J connectivity index is 0.00000196. The van der Waals surface area contributed by atoms with Crippen molar-refractivity contribution in [3.05, 3.63) is 21.6 Å². The molecule has 0 atom stereocenters. The van der Waals surface area contributed by atoms with Crippen LogP contribution < -0.4 is 4.74 Å². The molecule has 0 unspecified atom stereocenters. The van der Waals surface area contributed by atoms with E-state index in [1.54, 1.807) is 13.2 Å². The van der Waals surface area contributed by atoms with Crippen molar-refractivity contribution in [2.45, 2.75) is 19.8 Å². The third-order valence-electron chi connectivity index (χ3n) is 1.81. The molecule has 0 aliphatic carbocycles. The summed E-state index contributed by atoms with van der Waals surface area (Å²) >= 11 is 1.37. The maximum Gasteiger partial charge on any atom is 0.138 e. The molecule has 0 fully saturated rings. The Morgan fingerprint density at radius 3 is 2.93 bits per heavy atom. The van der Waals surface area contributed by atoms with Gasteiger partial charge in [0.1, 0.15) is 5.75 Å². The average molecular weight is 301 g/mol. The molecule has 1 radical (unpaired) electrons. The third-order valence-corrected chi connectivity index (χ3v) is 2.69. The Bertz CT molecular complexity index is 301. The van der Waals surface area contributed by atoms with Crippen molar-refractivity contribution in [1.29, 1.82) is 0 Å². The first-order valence-corrected chi connectivity index (χ1v) is 5.50. The molecule has 0 aromatic carbocycles. The number of carbonyl (C=O) groups excluding carboxylic acids is 1. The van der Waals surface area contributed by atoms with Gasteiger partial charge in [-0.05, 0) is 11.4 Å². The SMILES string of the molecule is CCCC[N-]C(=O)c1sccc1OC.[Y]. The third kappa shape index (κ3) is 4.62. The van der Waals surface area contributed by atoms with Crippen molar-refractivity contribution in [2.24, 2.45) is 0 Å². The summed E-state index contributed by atoms with van der Waals surface area (Å²) in [6.07, 6.45) is 2.01. The van der Waals surface area contributed by atoms with Crippen LogP contribution in [0.15, 0.2) is 11.4 Å². The average Bonchev–Trinajstić information content (AvgIpc) is 2.65. The smallest absolute Gasteiger partial charge is 0.138 e. The normalized spacial score (nSPS) is 9.20. The molecule has 15 heavy (non-hydrogen) atoms. The molecule has 0 spiro atoms. The second-order valence-electron chi connectivity index (χ2n) is 2.86. The van der Waals surface area contributed by atoms with E-state index >= 15 is 0 Å². The molecule has 0 saturated carbocycles. The molecule has 3 nitrogen and oxygen atoms in total. The monoisotopic (exact) mass is 301 g/mol. The first-order chi connectivity index (χ1) is 6.79. The summed E-state index contributed by atoms with van der Waals surface area (Å²) < 4.78 is 5.04. The Labute approximate surface area is 119 Å². The van der Waals surface area contributed by atoms with Gasteiger partial charge in [-0.2, -0.15) is 0 Å². The van der Waals surface area contributed by atoms with Crippen molar-refractivity contribution in [1.82, 2.24) is 0 Å². The Morgan fingerprint density at radius 1 is 1.60 bits per heavy atom. The number of methoxy groups -OCH3 is 1. The largest absolute Gasteiger partial charge is 0.648 e. The van der Waals surface area contributed by atoms with Crippen LogP contribution >= 0.6 is 11.3 Å². The van der Waals surface area contributed by atoms with Crippen LogP contribution in [-0.2, 0) is 32.7 Å². The number of hydrogen-bond acceptors (Lipinski definition) is 3. The molecule has 0 bridgehead atoms. The van der Waals surface area contributed by atoms with E-state index in [1.165, 1.54) is 11.3 Å². The number of hydrogen-bond donors (Lipinski definition) is 0. The molecular weight excluding hydrogens is 287 g/mol. The first kappa shape index (κ1) is 15.1. The molecule has 1 aromatic rings. The molecule has 0 aliphatic rings. The number of thiophene rings is 1. The molecule has 81 valence electrons. The maximum absolute atomic E-state index is 11.5. The van der Waals surface area contributed by atoms with E-state index in [0.29, 0.717) is 17.2 Å². The van der Waals surface area contributed by atoms with E-state index in [2.05, 4.69) is 12.2 Å². The van der Waals surface area contributed by atoms with Gasteiger partial charge in [0.2, 0.25) is 0 Å². The Kier molecular flexibility index (Phi) is 8.29. The van der Waals surface area contributed by atoms with Crippen LogP contribution in [0.1, 0.15) is 29.4 Å². The van der Waals surface area contributed by atoms with Gasteiger partial charge in [-0.25, -0.2) is 0 Å². The predicted octanol–water partition coefficient (Wildman–Crippen LogP) is 3.07. The molecule has 0 N–H and O–H groups in total. The fourth-order valence-corrected chi connectivity index (χ4v) is 1.79. The molecule has 0 aliphatic heterocycles. The van der Waals surface area contributed by atoms with Crippen LogP contribution in [0.4, 0.5) is 0 Å². The van der Waals surface area contributed by atoms with Crippen molar-refractivity contribution < 1.29 is 42.2 Å². The van der Waals surface area contributed by atoms with E-state index < -0.39 is 0 Å². The number of carbonyl (C=O) groups is 1. The van der Waals surface area contributed by atoms with Crippen molar-refractivity contribution in [2.75, 3.05) is 13.7 Å². The number of amides is 1. The minimum absolute atomic E-state index is 0. The Morgan fingerprint density at radius 2 is 2.33 bits per heavy atom. The zero-order valence-electron chi connectivity index (χ0n) is 9.03. The molecule has 0 saturated heterocycles. The topological polar surface area (TPSA) is 40.4 Å². The summed E-state index contributed by atoms with van der Waals surface area (Å²) in [5.41, 5.74) is 0. The van der Waals surface area contributed by atoms with Gasteiger partial charge < -0.3 is 14.8 Å². The van der Waals surface area contributed by atoms with Crippen molar-refractivity contribution in [3.63, 3.8) is 0 Å². The molecule has 1 heterocycles. The fourth-order valence-electron chi connectivity index (χ4n) is 1.02. The van der Waals surface area contributed by atoms with Gasteiger partial charge in [0.05, 0.1) is 17.9 Å². The first-order valence-electron chi connectivity index (χ1n) is 4.63. The minimum Gasteiger partial charge on any atom is -0.648 e. The summed E-state index contributed by atoms with van der Waals surface area (Å²) in [6.45, 7) is 2.68. The molecule has 1 amide bonds. The summed E-state index contributed by atoms with van der Waals surface area (Å²) in [5, 5.41) is 5.79. The fraction of sp³-hybridized carbons (Fsp3) is 0.500. The summed E-state index contributed by atoms with van der Waals surface area (Å²) in [6, 6.07) is 1.78. The number of nitrogens with zero attached hydrogens (tertiary/aromatic N) is 1. The number of rotatable bonds is 5. The van der Waals surface area contributed by atoms with Crippen LogP contribution in [0.5, 0.6) is 5.75 Å². The predicted molar refractivity (Wildman–Crippen MR) is 58.3 cm³/mol. The van der Waals surface area contributed by atoms with Crippen LogP contribution in [0.25, 0.3) is 5.32 Å². The summed E-state index contributed by atoms with van der Waals surface area (Å²) in [4.78, 5) is 12.1. The standard InChI is InChI=1S/C10H15NO2S.Y/c1-3-4-6-11-10(12)9-8(13-2)5-7-14-9;/h5,7H,3-4,6H2,1-2H3,(H,11,12);/p-1. The molecule has 1 aromatic heterocycles. The van der Waals surface area contributed by atoms with E-state index in [0.717, 1.165) is 12.8 Å². The minimum atomic E-state index is -0.162. The zero-order valence-corrected chi connectivity index (χ0v) is 12.7. The number of ether oxygens (including phenoxy) is 1. The second kappa shape index (κ2) is 8.25. The van der Waals surface area contributed by atoms with Gasteiger partial charge in [0, 0.05) is 32.7 Å². The summed E-state index contributed by atoms with van der Waals surface area (Å²) in [5.74, 6) is 0.463. The van der Waals surface area contributed by atoms with Gasteiger partial charge in [0.15, 0.2) is 0 Å². The zero-order chi connectivity index (χ0) is 10.4. The van der Waals surface area contributed by atoms with Crippen LogP contribution in [0, 0.1) is 0 Å². The van der Waals surface area contributed by atoms with Crippen LogP contribution in [-0.4, -0.2) is 19.6 Å². The van der Waals surface area contributed by atoms with E-state index in [4.69, 9.17) is 4.74 Å².